The normalized spacial score (nSPS) is 14.2. The van der Waals surface area contributed by atoms with Gasteiger partial charge in [-0.25, -0.2) is 8.42 Å². The van der Waals surface area contributed by atoms with Crippen molar-refractivity contribution >= 4 is 33.0 Å². The lowest BCUT2D eigenvalue weighted by Crippen LogP contribution is -2.49. The molecule has 1 amide bonds. The number of piperazine rings is 1. The first kappa shape index (κ1) is 24.1. The van der Waals surface area contributed by atoms with Crippen LogP contribution >= 0.6 is 11.3 Å². The maximum Gasteiger partial charge on any atom is 0.253 e. The largest absolute Gasteiger partial charge is 0.497 e. The van der Waals surface area contributed by atoms with Crippen molar-refractivity contribution in [2.75, 3.05) is 38.2 Å². The number of hydrogen-bond donors (Lipinski definition) is 0. The van der Waals surface area contributed by atoms with Crippen molar-refractivity contribution in [3.8, 4) is 16.5 Å². The molecule has 0 atom stereocenters. The molecule has 0 N–H and O–H groups in total. The summed E-state index contributed by atoms with van der Waals surface area (Å²) >= 11 is 1.43. The number of aryl methyl sites for hydroxylation is 1. The molecular formula is C26H25N3O5S2. The predicted molar refractivity (Wildman–Crippen MR) is 138 cm³/mol. The van der Waals surface area contributed by atoms with Crippen LogP contribution in [0.3, 0.4) is 0 Å². The highest BCUT2D eigenvalue weighted by molar-refractivity contribution is 7.91. The Morgan fingerprint density at radius 2 is 1.69 bits per heavy atom. The second kappa shape index (κ2) is 9.79. The fraction of sp³-hybridized carbons (Fsp3) is 0.231. The summed E-state index contributed by atoms with van der Waals surface area (Å²) in [6.45, 7) is 3.57. The minimum absolute atomic E-state index is 0.0818. The molecule has 1 aliphatic heterocycles. The standard InChI is InChI=1S/C26H25N3O5S2/c1-18-5-11-21(12-6-18)36(31,32)24-26(34-23(27-24)22-4-3-17-35-22)29-15-13-28(14-16-29)25(30)19-7-9-20(33-2)10-8-19/h3-12,17H,13-16H2,1-2H3. The fourth-order valence-corrected chi connectivity index (χ4v) is 6.01. The number of rotatable bonds is 6. The Bertz CT molecular complexity index is 1450. The van der Waals surface area contributed by atoms with Gasteiger partial charge in [-0.2, -0.15) is 4.98 Å². The predicted octanol–water partition coefficient (Wildman–Crippen LogP) is 4.52. The van der Waals surface area contributed by atoms with Gasteiger partial charge < -0.3 is 19.0 Å². The van der Waals surface area contributed by atoms with Crippen molar-refractivity contribution in [3.63, 3.8) is 0 Å². The number of nitrogens with zero attached hydrogens (tertiary/aromatic N) is 3. The van der Waals surface area contributed by atoms with Crippen LogP contribution in [0.4, 0.5) is 5.88 Å². The molecule has 0 radical (unpaired) electrons. The molecule has 36 heavy (non-hydrogen) atoms. The van der Waals surface area contributed by atoms with Crippen molar-refractivity contribution < 1.29 is 22.4 Å². The molecule has 1 fully saturated rings. The minimum atomic E-state index is -3.92. The van der Waals surface area contributed by atoms with Crippen molar-refractivity contribution in [2.45, 2.75) is 16.8 Å². The summed E-state index contributed by atoms with van der Waals surface area (Å²) in [5, 5.41) is 1.78. The number of carbonyl (C=O) groups excluding carboxylic acids is 1. The van der Waals surface area contributed by atoms with E-state index in [4.69, 9.17) is 9.15 Å². The lowest BCUT2D eigenvalue weighted by molar-refractivity contribution is 0.0745. The molecule has 186 valence electrons. The molecule has 0 unspecified atom stereocenters. The summed E-state index contributed by atoms with van der Waals surface area (Å²) in [5.74, 6) is 1.07. The van der Waals surface area contributed by atoms with Gasteiger partial charge in [-0.15, -0.1) is 11.3 Å². The number of oxazole rings is 1. The van der Waals surface area contributed by atoms with Gasteiger partial charge in [0.25, 0.3) is 5.91 Å². The number of thiophene rings is 1. The van der Waals surface area contributed by atoms with E-state index < -0.39 is 9.84 Å². The number of carbonyl (C=O) groups is 1. The van der Waals surface area contributed by atoms with Gasteiger partial charge >= 0.3 is 0 Å². The van der Waals surface area contributed by atoms with Crippen molar-refractivity contribution in [2.24, 2.45) is 0 Å². The molecule has 10 heteroatoms. The Balaban J connectivity index is 1.42. The number of hydrogen-bond acceptors (Lipinski definition) is 8. The van der Waals surface area contributed by atoms with Crippen molar-refractivity contribution in [1.82, 2.24) is 9.88 Å². The molecule has 0 spiro atoms. The van der Waals surface area contributed by atoms with Gasteiger partial charge in [-0.3, -0.25) is 4.79 Å². The average Bonchev–Trinajstić information content (AvgIpc) is 3.60. The molecule has 4 aromatic rings. The van der Waals surface area contributed by atoms with Gasteiger partial charge in [-0.1, -0.05) is 23.8 Å². The molecule has 0 saturated carbocycles. The third-order valence-corrected chi connectivity index (χ3v) is 8.61. The van der Waals surface area contributed by atoms with Gasteiger partial charge in [0.2, 0.25) is 26.6 Å². The first-order valence-electron chi connectivity index (χ1n) is 11.4. The zero-order valence-electron chi connectivity index (χ0n) is 19.9. The number of sulfone groups is 1. The van der Waals surface area contributed by atoms with Gasteiger partial charge in [0, 0.05) is 31.7 Å². The summed E-state index contributed by atoms with van der Waals surface area (Å²) in [5.41, 5.74) is 1.54. The van der Waals surface area contributed by atoms with E-state index in [1.165, 1.54) is 11.3 Å². The summed E-state index contributed by atoms with van der Waals surface area (Å²) in [6, 6.07) is 17.4. The molecule has 8 nitrogen and oxygen atoms in total. The maximum atomic E-state index is 13.6. The Morgan fingerprint density at radius 1 is 1.00 bits per heavy atom. The van der Waals surface area contributed by atoms with Crippen LogP contribution in [0.2, 0.25) is 0 Å². The Hall–Kier alpha value is -3.63. The number of anilines is 1. The molecule has 5 rings (SSSR count). The summed E-state index contributed by atoms with van der Waals surface area (Å²) in [7, 11) is -2.34. The fourth-order valence-electron chi connectivity index (χ4n) is 4.04. The van der Waals surface area contributed by atoms with E-state index in [2.05, 4.69) is 4.98 Å². The van der Waals surface area contributed by atoms with E-state index in [0.717, 1.165) is 10.4 Å². The number of ether oxygens (including phenoxy) is 1. The first-order valence-corrected chi connectivity index (χ1v) is 13.8. The number of methoxy groups -OCH3 is 1. The van der Waals surface area contributed by atoms with Crippen LogP contribution in [0.1, 0.15) is 15.9 Å². The third kappa shape index (κ3) is 4.61. The van der Waals surface area contributed by atoms with Crippen molar-refractivity contribution in [1.29, 1.82) is 0 Å². The lowest BCUT2D eigenvalue weighted by Gasteiger charge is -2.34. The van der Waals surface area contributed by atoms with E-state index in [-0.39, 0.29) is 27.6 Å². The lowest BCUT2D eigenvalue weighted by atomic mass is 10.1. The van der Waals surface area contributed by atoms with Crippen LogP contribution < -0.4 is 9.64 Å². The molecule has 0 aliphatic carbocycles. The third-order valence-electron chi connectivity index (χ3n) is 6.09. The van der Waals surface area contributed by atoms with Crippen LogP contribution in [0.15, 0.2) is 80.4 Å². The molecule has 3 heterocycles. The Kier molecular flexibility index (Phi) is 6.55. The molecular weight excluding hydrogens is 498 g/mol. The minimum Gasteiger partial charge on any atom is -0.497 e. The van der Waals surface area contributed by atoms with Crippen LogP contribution in [0, 0.1) is 6.92 Å². The topological polar surface area (TPSA) is 92.9 Å². The first-order chi connectivity index (χ1) is 17.4. The van der Waals surface area contributed by atoms with E-state index in [0.29, 0.717) is 37.5 Å². The molecule has 2 aromatic heterocycles. The van der Waals surface area contributed by atoms with Crippen LogP contribution in [-0.4, -0.2) is 57.5 Å². The highest BCUT2D eigenvalue weighted by Gasteiger charge is 2.33. The maximum absolute atomic E-state index is 13.6. The molecule has 1 saturated heterocycles. The molecule has 1 aliphatic rings. The SMILES string of the molecule is COc1ccc(C(=O)N2CCN(c3oc(-c4cccs4)nc3S(=O)(=O)c3ccc(C)cc3)CC2)cc1. The average molecular weight is 524 g/mol. The quantitative estimate of drug-likeness (QED) is 0.367. The zero-order valence-corrected chi connectivity index (χ0v) is 21.5. The summed E-state index contributed by atoms with van der Waals surface area (Å²) in [4.78, 5) is 21.9. The Labute approximate surface area is 213 Å². The smallest absolute Gasteiger partial charge is 0.253 e. The number of aromatic nitrogens is 1. The molecule has 0 bridgehead atoms. The van der Waals surface area contributed by atoms with Gasteiger partial charge in [0.15, 0.2) is 0 Å². The highest BCUT2D eigenvalue weighted by atomic mass is 32.2. The molecule has 2 aromatic carbocycles. The van der Waals surface area contributed by atoms with E-state index in [1.807, 2.05) is 29.3 Å². The second-order valence-electron chi connectivity index (χ2n) is 8.43. The van der Waals surface area contributed by atoms with Crippen molar-refractivity contribution in [3.05, 3.63) is 77.2 Å². The summed E-state index contributed by atoms with van der Waals surface area (Å²) < 4.78 is 38.4. The monoisotopic (exact) mass is 523 g/mol. The van der Waals surface area contributed by atoms with Gasteiger partial charge in [0.1, 0.15) is 5.75 Å². The zero-order chi connectivity index (χ0) is 25.3. The van der Waals surface area contributed by atoms with Gasteiger partial charge in [-0.05, 0) is 54.8 Å². The number of benzene rings is 2. The Morgan fingerprint density at radius 3 is 2.31 bits per heavy atom. The van der Waals surface area contributed by atoms with Crippen LogP contribution in [0.25, 0.3) is 10.8 Å². The highest BCUT2D eigenvalue weighted by Crippen LogP contribution is 2.36. The van der Waals surface area contributed by atoms with Gasteiger partial charge in [0.05, 0.1) is 16.9 Å². The van der Waals surface area contributed by atoms with E-state index in [9.17, 15) is 13.2 Å². The van der Waals surface area contributed by atoms with Crippen LogP contribution in [0.5, 0.6) is 5.75 Å². The number of amides is 1. The van der Waals surface area contributed by atoms with Crippen LogP contribution in [-0.2, 0) is 9.84 Å². The summed E-state index contributed by atoms with van der Waals surface area (Å²) in [6.07, 6.45) is 0. The van der Waals surface area contributed by atoms with E-state index >= 15 is 0 Å². The van der Waals surface area contributed by atoms with E-state index in [1.54, 1.807) is 60.5 Å². The second-order valence-corrected chi connectivity index (χ2v) is 11.2.